The smallest absolute Gasteiger partial charge is 0.407 e. The van der Waals surface area contributed by atoms with E-state index in [1.165, 1.54) is 0 Å². The number of hydrogen-bond donors (Lipinski definition) is 4. The number of alkyl carbamates (subject to hydrolysis) is 1. The molecule has 0 aliphatic carbocycles. The Balaban J connectivity index is 2.50. The zero-order valence-electron chi connectivity index (χ0n) is 14.3. The highest BCUT2D eigenvalue weighted by Gasteiger charge is 2.16. The fraction of sp³-hybridized carbons (Fsp3) is 0.500. The lowest BCUT2D eigenvalue weighted by Gasteiger charge is -2.19. The summed E-state index contributed by atoms with van der Waals surface area (Å²) < 4.78 is 5.08. The second kappa shape index (κ2) is 9.17. The molecule has 0 aliphatic rings. The van der Waals surface area contributed by atoms with Gasteiger partial charge < -0.3 is 25.8 Å². The molecular formula is C16H24BN3O4. The predicted octanol–water partition coefficient (Wildman–Crippen LogP) is 0.738. The number of ether oxygens (including phenoxy) is 1. The molecule has 2 radical (unpaired) electrons. The van der Waals surface area contributed by atoms with Gasteiger partial charge in [-0.2, -0.15) is 0 Å². The maximum atomic E-state index is 12.0. The number of benzene rings is 1. The highest BCUT2D eigenvalue weighted by atomic mass is 16.6. The Morgan fingerprint density at radius 3 is 2.54 bits per heavy atom. The van der Waals surface area contributed by atoms with Crippen molar-refractivity contribution in [3.05, 3.63) is 18.2 Å². The molecule has 0 saturated heterocycles. The second-order valence-corrected chi connectivity index (χ2v) is 6.18. The van der Waals surface area contributed by atoms with Crippen LogP contribution in [-0.2, 0) is 9.53 Å². The lowest BCUT2D eigenvalue weighted by molar-refractivity contribution is -0.116. The van der Waals surface area contributed by atoms with E-state index in [1.54, 1.807) is 39.0 Å². The minimum absolute atomic E-state index is 0.0302. The average Bonchev–Trinajstić information content (AvgIpc) is 2.44. The summed E-state index contributed by atoms with van der Waals surface area (Å²) in [6.45, 7) is 5.77. The Hall–Kier alpha value is -2.22. The summed E-state index contributed by atoms with van der Waals surface area (Å²) in [5.41, 5.74) is 1.10. The van der Waals surface area contributed by atoms with Gasteiger partial charge in [-0.05, 0) is 32.9 Å². The standard InChI is InChI=1S/C16H24BN3O4/c1-16(2,3)24-15(23)19-7-6-14(22)20-13-10-11(17)4-5-12(13)18-8-9-21/h4-5,10,18,21H,6-9H2,1-3H3,(H,19,23)(H,20,22). The van der Waals surface area contributed by atoms with E-state index in [-0.39, 0.29) is 25.5 Å². The monoisotopic (exact) mass is 333 g/mol. The molecule has 8 heteroatoms. The van der Waals surface area contributed by atoms with Crippen LogP contribution in [0.1, 0.15) is 27.2 Å². The molecule has 1 rings (SSSR count). The Morgan fingerprint density at radius 1 is 1.21 bits per heavy atom. The van der Waals surface area contributed by atoms with Crippen LogP contribution in [-0.4, -0.2) is 50.3 Å². The Labute approximate surface area is 143 Å². The number of amides is 2. The number of hydrogen-bond acceptors (Lipinski definition) is 5. The van der Waals surface area contributed by atoms with Crippen molar-refractivity contribution in [2.45, 2.75) is 32.8 Å². The molecule has 0 aliphatic heterocycles. The van der Waals surface area contributed by atoms with Crippen molar-refractivity contribution in [2.75, 3.05) is 30.3 Å². The van der Waals surface area contributed by atoms with E-state index in [0.717, 1.165) is 0 Å². The van der Waals surface area contributed by atoms with Crippen LogP contribution in [0.3, 0.4) is 0 Å². The van der Waals surface area contributed by atoms with Gasteiger partial charge in [-0.25, -0.2) is 4.79 Å². The van der Waals surface area contributed by atoms with E-state index in [2.05, 4.69) is 16.0 Å². The molecule has 0 saturated carbocycles. The topological polar surface area (TPSA) is 99.7 Å². The van der Waals surface area contributed by atoms with Crippen molar-refractivity contribution in [1.82, 2.24) is 5.32 Å². The van der Waals surface area contributed by atoms with Gasteiger partial charge in [-0.3, -0.25) is 4.79 Å². The van der Waals surface area contributed by atoms with Gasteiger partial charge in [-0.1, -0.05) is 11.5 Å². The normalized spacial score (nSPS) is 10.8. The van der Waals surface area contributed by atoms with Crippen LogP contribution < -0.4 is 21.4 Å². The van der Waals surface area contributed by atoms with Crippen LogP contribution in [0.2, 0.25) is 0 Å². The number of nitrogens with one attached hydrogen (secondary N) is 3. The lowest BCUT2D eigenvalue weighted by Crippen LogP contribution is -2.34. The van der Waals surface area contributed by atoms with Crippen LogP contribution in [0, 0.1) is 0 Å². The van der Waals surface area contributed by atoms with Crippen molar-refractivity contribution in [2.24, 2.45) is 0 Å². The van der Waals surface area contributed by atoms with Crippen molar-refractivity contribution >= 4 is 36.7 Å². The third kappa shape index (κ3) is 7.87. The highest BCUT2D eigenvalue weighted by Crippen LogP contribution is 2.19. The van der Waals surface area contributed by atoms with Gasteiger partial charge in [-0.15, -0.1) is 0 Å². The molecule has 2 amide bonds. The SMILES string of the molecule is [B]c1ccc(NCCO)c(NC(=O)CCNC(=O)OC(C)(C)C)c1. The van der Waals surface area contributed by atoms with Gasteiger partial charge in [0.1, 0.15) is 13.4 Å². The van der Waals surface area contributed by atoms with Gasteiger partial charge in [0.2, 0.25) is 5.91 Å². The molecule has 0 heterocycles. The Kier molecular flexibility index (Phi) is 7.58. The summed E-state index contributed by atoms with van der Waals surface area (Å²) in [7, 11) is 5.73. The van der Waals surface area contributed by atoms with Crippen LogP contribution in [0.25, 0.3) is 0 Å². The minimum Gasteiger partial charge on any atom is -0.444 e. The number of anilines is 2. The molecular weight excluding hydrogens is 309 g/mol. The molecule has 1 aromatic carbocycles. The number of carbonyl (C=O) groups is 2. The molecule has 130 valence electrons. The summed E-state index contributed by atoms with van der Waals surface area (Å²) in [5.74, 6) is -0.274. The molecule has 0 atom stereocenters. The molecule has 1 aromatic rings. The molecule has 0 unspecified atom stereocenters. The average molecular weight is 333 g/mol. The van der Waals surface area contributed by atoms with E-state index in [1.807, 2.05) is 0 Å². The molecule has 7 nitrogen and oxygen atoms in total. The summed E-state index contributed by atoms with van der Waals surface area (Å²) in [6, 6.07) is 5.04. The lowest BCUT2D eigenvalue weighted by atomic mass is 9.95. The van der Waals surface area contributed by atoms with E-state index in [9.17, 15) is 9.59 Å². The van der Waals surface area contributed by atoms with Crippen molar-refractivity contribution in [1.29, 1.82) is 0 Å². The quantitative estimate of drug-likeness (QED) is 0.552. The van der Waals surface area contributed by atoms with E-state index < -0.39 is 11.7 Å². The van der Waals surface area contributed by atoms with Crippen LogP contribution in [0.4, 0.5) is 16.2 Å². The van der Waals surface area contributed by atoms with Gasteiger partial charge in [0, 0.05) is 19.5 Å². The fourth-order valence-electron chi connectivity index (χ4n) is 1.81. The zero-order chi connectivity index (χ0) is 18.2. The third-order valence-corrected chi connectivity index (χ3v) is 2.77. The van der Waals surface area contributed by atoms with Gasteiger partial charge in [0.25, 0.3) is 0 Å². The first kappa shape index (κ1) is 19.8. The Morgan fingerprint density at radius 2 is 1.92 bits per heavy atom. The summed E-state index contributed by atoms with van der Waals surface area (Å²) in [4.78, 5) is 23.5. The maximum absolute atomic E-state index is 12.0. The van der Waals surface area contributed by atoms with Crippen molar-refractivity contribution < 1.29 is 19.4 Å². The molecule has 0 fully saturated rings. The molecule has 24 heavy (non-hydrogen) atoms. The maximum Gasteiger partial charge on any atom is 0.407 e. The second-order valence-electron chi connectivity index (χ2n) is 6.18. The van der Waals surface area contributed by atoms with E-state index in [4.69, 9.17) is 17.7 Å². The number of aliphatic hydroxyl groups excluding tert-OH is 1. The van der Waals surface area contributed by atoms with E-state index in [0.29, 0.717) is 23.4 Å². The number of aliphatic hydroxyl groups is 1. The summed E-state index contributed by atoms with van der Waals surface area (Å²) >= 11 is 0. The first-order chi connectivity index (χ1) is 11.2. The predicted molar refractivity (Wildman–Crippen MR) is 94.9 cm³/mol. The zero-order valence-corrected chi connectivity index (χ0v) is 14.3. The largest absolute Gasteiger partial charge is 0.444 e. The summed E-state index contributed by atoms with van der Waals surface area (Å²) in [5, 5.41) is 17.1. The minimum atomic E-state index is -0.582. The first-order valence-electron chi connectivity index (χ1n) is 7.72. The molecule has 0 bridgehead atoms. The van der Waals surface area contributed by atoms with E-state index >= 15 is 0 Å². The van der Waals surface area contributed by atoms with Gasteiger partial charge in [0.05, 0.1) is 18.0 Å². The number of carbonyl (C=O) groups excluding carboxylic acids is 2. The molecule has 0 aromatic heterocycles. The van der Waals surface area contributed by atoms with Crippen LogP contribution in [0.15, 0.2) is 18.2 Å². The number of rotatable bonds is 7. The van der Waals surface area contributed by atoms with Crippen LogP contribution >= 0.6 is 0 Å². The summed E-state index contributed by atoms with van der Waals surface area (Å²) in [6.07, 6.45) is -0.474. The fourth-order valence-corrected chi connectivity index (χ4v) is 1.81. The molecule has 0 spiro atoms. The van der Waals surface area contributed by atoms with Gasteiger partial charge in [0.15, 0.2) is 0 Å². The van der Waals surface area contributed by atoms with Crippen molar-refractivity contribution in [3.63, 3.8) is 0 Å². The first-order valence-corrected chi connectivity index (χ1v) is 7.72. The molecule has 4 N–H and O–H groups in total. The third-order valence-electron chi connectivity index (χ3n) is 2.77. The van der Waals surface area contributed by atoms with Gasteiger partial charge >= 0.3 is 6.09 Å². The Bertz CT molecular complexity index is 573. The van der Waals surface area contributed by atoms with Crippen LogP contribution in [0.5, 0.6) is 0 Å². The highest BCUT2D eigenvalue weighted by molar-refractivity contribution is 6.32. The van der Waals surface area contributed by atoms with Crippen molar-refractivity contribution in [3.8, 4) is 0 Å².